The molecule has 0 spiro atoms. The number of methoxy groups -OCH3 is 2. The lowest BCUT2D eigenvalue weighted by Gasteiger charge is -2.08. The molecule has 0 aliphatic carbocycles. The first kappa shape index (κ1) is 12.6. The minimum Gasteiger partial charge on any atom is -0.497 e. The van der Waals surface area contributed by atoms with Crippen molar-refractivity contribution in [2.24, 2.45) is 5.73 Å². The fourth-order valence-corrected chi connectivity index (χ4v) is 1.46. The fraction of sp³-hybridized carbons (Fsp3) is 0.385. The molecule has 16 heavy (non-hydrogen) atoms. The molecule has 1 aromatic rings. The lowest BCUT2D eigenvalue weighted by Crippen LogP contribution is -2.02. The fourth-order valence-electron chi connectivity index (χ4n) is 1.46. The second-order valence-corrected chi connectivity index (χ2v) is 3.47. The third-order valence-electron chi connectivity index (χ3n) is 2.52. The Kier molecular flexibility index (Phi) is 4.86. The molecule has 0 amide bonds. The summed E-state index contributed by atoms with van der Waals surface area (Å²) < 4.78 is 10.5. The Hall–Kier alpha value is -1.48. The highest BCUT2D eigenvalue weighted by Crippen LogP contribution is 2.26. The summed E-state index contributed by atoms with van der Waals surface area (Å²) in [6.45, 7) is 2.67. The first-order chi connectivity index (χ1) is 7.74. The number of ether oxygens (including phenoxy) is 2. The smallest absolute Gasteiger partial charge is 0.129 e. The van der Waals surface area contributed by atoms with Gasteiger partial charge in [-0.2, -0.15) is 0 Å². The van der Waals surface area contributed by atoms with E-state index in [-0.39, 0.29) is 0 Å². The second-order valence-electron chi connectivity index (χ2n) is 3.47. The maximum Gasteiger partial charge on any atom is 0.129 e. The predicted molar refractivity (Wildman–Crippen MR) is 66.9 cm³/mol. The molecule has 0 aromatic heterocycles. The molecule has 0 fully saturated rings. The van der Waals surface area contributed by atoms with Crippen LogP contribution in [0.2, 0.25) is 0 Å². The van der Waals surface area contributed by atoms with Crippen molar-refractivity contribution in [3.63, 3.8) is 0 Å². The normalized spacial score (nSPS) is 11.4. The van der Waals surface area contributed by atoms with E-state index in [1.807, 2.05) is 18.2 Å². The van der Waals surface area contributed by atoms with E-state index < -0.39 is 0 Å². The first-order valence-corrected chi connectivity index (χ1v) is 5.36. The summed E-state index contributed by atoms with van der Waals surface area (Å²) in [6, 6.07) is 5.76. The Labute approximate surface area is 96.9 Å². The van der Waals surface area contributed by atoms with Crippen molar-refractivity contribution in [3.8, 4) is 11.5 Å². The Morgan fingerprint density at radius 3 is 2.56 bits per heavy atom. The molecule has 0 bridgehead atoms. The summed E-state index contributed by atoms with van der Waals surface area (Å²) in [4.78, 5) is 0. The van der Waals surface area contributed by atoms with E-state index in [1.165, 1.54) is 5.57 Å². The van der Waals surface area contributed by atoms with Crippen molar-refractivity contribution in [2.45, 2.75) is 13.3 Å². The summed E-state index contributed by atoms with van der Waals surface area (Å²) in [5, 5.41) is 0. The average Bonchev–Trinajstić information content (AvgIpc) is 2.35. The van der Waals surface area contributed by atoms with Crippen LogP contribution in [0.5, 0.6) is 11.5 Å². The molecule has 0 saturated carbocycles. The van der Waals surface area contributed by atoms with Crippen LogP contribution < -0.4 is 15.2 Å². The van der Waals surface area contributed by atoms with Gasteiger partial charge in [-0.25, -0.2) is 0 Å². The quantitative estimate of drug-likeness (QED) is 0.830. The highest BCUT2D eigenvalue weighted by atomic mass is 16.5. The van der Waals surface area contributed by atoms with Gasteiger partial charge in [-0.1, -0.05) is 18.6 Å². The highest BCUT2D eigenvalue weighted by molar-refractivity contribution is 5.61. The lowest BCUT2D eigenvalue weighted by molar-refractivity contribution is 0.393. The molecule has 3 nitrogen and oxygen atoms in total. The van der Waals surface area contributed by atoms with Crippen molar-refractivity contribution < 1.29 is 9.47 Å². The molecule has 0 atom stereocenters. The first-order valence-electron chi connectivity index (χ1n) is 5.36. The van der Waals surface area contributed by atoms with Crippen molar-refractivity contribution in [2.75, 3.05) is 20.8 Å². The van der Waals surface area contributed by atoms with Crippen LogP contribution in [0.25, 0.3) is 6.08 Å². The summed E-state index contributed by atoms with van der Waals surface area (Å²) in [5.74, 6) is 1.60. The van der Waals surface area contributed by atoms with Gasteiger partial charge in [-0.3, -0.25) is 0 Å². The van der Waals surface area contributed by atoms with Gasteiger partial charge in [0.1, 0.15) is 11.5 Å². The van der Waals surface area contributed by atoms with Crippen LogP contribution in [0.4, 0.5) is 0 Å². The van der Waals surface area contributed by atoms with E-state index in [2.05, 4.69) is 13.0 Å². The van der Waals surface area contributed by atoms with E-state index in [0.717, 1.165) is 23.5 Å². The number of hydrogen-bond acceptors (Lipinski definition) is 3. The van der Waals surface area contributed by atoms with E-state index in [1.54, 1.807) is 14.2 Å². The van der Waals surface area contributed by atoms with Gasteiger partial charge in [0.05, 0.1) is 14.2 Å². The molecule has 0 heterocycles. The van der Waals surface area contributed by atoms with Gasteiger partial charge in [-0.15, -0.1) is 0 Å². The van der Waals surface area contributed by atoms with Gasteiger partial charge in [0.15, 0.2) is 0 Å². The van der Waals surface area contributed by atoms with Gasteiger partial charge in [0.25, 0.3) is 0 Å². The average molecular weight is 221 g/mol. The second kappa shape index (κ2) is 6.18. The standard InChI is InChI=1S/C13H19NO2/c1-4-10(9-14)7-11-5-6-12(15-2)8-13(11)16-3/h5-8H,4,9,14H2,1-3H3. The van der Waals surface area contributed by atoms with E-state index in [9.17, 15) is 0 Å². The molecule has 0 saturated heterocycles. The van der Waals surface area contributed by atoms with Crippen LogP contribution in [0.15, 0.2) is 23.8 Å². The van der Waals surface area contributed by atoms with Gasteiger partial charge < -0.3 is 15.2 Å². The molecule has 1 rings (SSSR count). The maximum atomic E-state index is 5.64. The maximum absolute atomic E-state index is 5.64. The zero-order valence-electron chi connectivity index (χ0n) is 10.1. The number of nitrogens with two attached hydrogens (primary N) is 1. The Balaban J connectivity index is 3.08. The molecule has 0 aliphatic rings. The molecule has 0 radical (unpaired) electrons. The topological polar surface area (TPSA) is 44.5 Å². The monoisotopic (exact) mass is 221 g/mol. The lowest BCUT2D eigenvalue weighted by atomic mass is 10.1. The number of hydrogen-bond donors (Lipinski definition) is 1. The van der Waals surface area contributed by atoms with Gasteiger partial charge >= 0.3 is 0 Å². The number of rotatable bonds is 5. The van der Waals surface area contributed by atoms with Crippen LogP contribution in [0.1, 0.15) is 18.9 Å². The van der Waals surface area contributed by atoms with E-state index in [4.69, 9.17) is 15.2 Å². The number of benzene rings is 1. The van der Waals surface area contributed by atoms with E-state index in [0.29, 0.717) is 6.54 Å². The largest absolute Gasteiger partial charge is 0.497 e. The molecule has 0 aliphatic heterocycles. The summed E-state index contributed by atoms with van der Waals surface area (Å²) in [7, 11) is 3.29. The zero-order chi connectivity index (χ0) is 12.0. The van der Waals surface area contributed by atoms with Crippen LogP contribution in [0.3, 0.4) is 0 Å². The molecule has 2 N–H and O–H groups in total. The molecular weight excluding hydrogens is 202 g/mol. The third kappa shape index (κ3) is 3.00. The van der Waals surface area contributed by atoms with Crippen molar-refractivity contribution in [1.82, 2.24) is 0 Å². The SMILES string of the molecule is CCC(=Cc1ccc(OC)cc1OC)CN. The van der Waals surface area contributed by atoms with Gasteiger partial charge in [0.2, 0.25) is 0 Å². The minimum absolute atomic E-state index is 0.575. The predicted octanol–water partition coefficient (Wildman–Crippen LogP) is 2.46. The molecule has 1 aromatic carbocycles. The van der Waals surface area contributed by atoms with Crippen LogP contribution in [-0.2, 0) is 0 Å². The van der Waals surface area contributed by atoms with Crippen LogP contribution in [-0.4, -0.2) is 20.8 Å². The van der Waals surface area contributed by atoms with Crippen molar-refractivity contribution >= 4 is 6.08 Å². The van der Waals surface area contributed by atoms with Gasteiger partial charge in [-0.05, 0) is 18.6 Å². The summed E-state index contributed by atoms with van der Waals surface area (Å²) in [6.07, 6.45) is 3.02. The summed E-state index contributed by atoms with van der Waals surface area (Å²) >= 11 is 0. The molecule has 3 heteroatoms. The zero-order valence-corrected chi connectivity index (χ0v) is 10.1. The van der Waals surface area contributed by atoms with Crippen molar-refractivity contribution in [3.05, 3.63) is 29.3 Å². The Bertz CT molecular complexity index is 366. The van der Waals surface area contributed by atoms with Crippen LogP contribution >= 0.6 is 0 Å². The molecule has 0 unspecified atom stereocenters. The van der Waals surface area contributed by atoms with Crippen LogP contribution in [0, 0.1) is 0 Å². The third-order valence-corrected chi connectivity index (χ3v) is 2.52. The van der Waals surface area contributed by atoms with Gasteiger partial charge in [0, 0.05) is 18.2 Å². The summed E-state index contributed by atoms with van der Waals surface area (Å²) in [5.41, 5.74) is 7.88. The highest BCUT2D eigenvalue weighted by Gasteiger charge is 2.03. The minimum atomic E-state index is 0.575. The van der Waals surface area contributed by atoms with E-state index >= 15 is 0 Å². The molecule has 88 valence electrons. The Morgan fingerprint density at radius 2 is 2.06 bits per heavy atom. The van der Waals surface area contributed by atoms with Crippen molar-refractivity contribution in [1.29, 1.82) is 0 Å². The Morgan fingerprint density at radius 1 is 1.31 bits per heavy atom. The molecular formula is C13H19NO2.